The number of nitrogens with two attached hydrogens (primary N) is 1. The molecule has 1 atom stereocenters. The van der Waals surface area contributed by atoms with Gasteiger partial charge in [-0.25, -0.2) is 4.79 Å². The van der Waals surface area contributed by atoms with Crippen molar-refractivity contribution < 1.29 is 22.8 Å². The fraction of sp³-hybridized carbons (Fsp3) is 0.550. The van der Waals surface area contributed by atoms with Crippen LogP contribution in [-0.4, -0.2) is 61.5 Å². The molecular weight excluding hydrogens is 399 g/mol. The molecule has 3 rings (SSSR count). The number of urea groups is 1. The predicted molar refractivity (Wildman–Crippen MR) is 103 cm³/mol. The van der Waals surface area contributed by atoms with E-state index in [-0.39, 0.29) is 17.1 Å². The highest BCUT2D eigenvalue weighted by Gasteiger charge is 2.48. The van der Waals surface area contributed by atoms with Crippen molar-refractivity contribution in [3.63, 3.8) is 0 Å². The first-order valence-corrected chi connectivity index (χ1v) is 9.61. The Kier molecular flexibility index (Phi) is 5.58. The molecule has 1 aromatic rings. The molecule has 162 valence electrons. The molecule has 2 N–H and O–H groups in total. The van der Waals surface area contributed by atoms with E-state index in [0.717, 1.165) is 12.1 Å². The maximum atomic E-state index is 13.4. The monoisotopic (exact) mass is 423 g/mol. The molecule has 0 bridgehead atoms. The maximum absolute atomic E-state index is 13.4. The largest absolute Gasteiger partial charge is 0.417 e. The second-order valence-corrected chi connectivity index (χ2v) is 8.25. The number of primary amides is 1. The van der Waals surface area contributed by atoms with E-state index >= 15 is 0 Å². The zero-order valence-electron chi connectivity index (χ0n) is 16.9. The lowest BCUT2D eigenvalue weighted by Crippen LogP contribution is -2.47. The summed E-state index contributed by atoms with van der Waals surface area (Å²) < 4.78 is 40.2. The Labute approximate surface area is 172 Å². The van der Waals surface area contributed by atoms with Gasteiger partial charge in [0.15, 0.2) is 0 Å². The van der Waals surface area contributed by atoms with Crippen molar-refractivity contribution in [1.82, 2.24) is 9.80 Å². The number of hydrogen-bond acceptors (Lipinski definition) is 4. The summed E-state index contributed by atoms with van der Waals surface area (Å²) in [6, 6.07) is 4.20. The van der Waals surface area contributed by atoms with Crippen LogP contribution in [0.1, 0.15) is 30.4 Å². The van der Waals surface area contributed by atoms with Gasteiger partial charge < -0.3 is 20.4 Å². The van der Waals surface area contributed by atoms with Crippen LogP contribution in [-0.2, 0) is 11.0 Å². The van der Waals surface area contributed by atoms with Crippen molar-refractivity contribution in [3.05, 3.63) is 29.3 Å². The third-order valence-corrected chi connectivity index (χ3v) is 6.07. The fourth-order valence-electron chi connectivity index (χ4n) is 4.44. The highest BCUT2D eigenvalue weighted by molar-refractivity contribution is 5.85. The Morgan fingerprint density at radius 3 is 2.40 bits per heavy atom. The molecule has 1 unspecified atom stereocenters. The van der Waals surface area contributed by atoms with Gasteiger partial charge in [-0.2, -0.15) is 18.4 Å². The Bertz CT molecular complexity index is 885. The summed E-state index contributed by atoms with van der Waals surface area (Å²) in [5.41, 5.74) is 3.99. The molecule has 0 radical (unpaired) electrons. The Morgan fingerprint density at radius 2 is 1.90 bits per heavy atom. The van der Waals surface area contributed by atoms with E-state index < -0.39 is 29.3 Å². The number of benzene rings is 1. The minimum Gasteiger partial charge on any atom is -0.368 e. The molecule has 1 spiro atoms. The van der Waals surface area contributed by atoms with Gasteiger partial charge in [0.2, 0.25) is 5.91 Å². The summed E-state index contributed by atoms with van der Waals surface area (Å²) in [5, 5.41) is 9.01. The first kappa shape index (κ1) is 21.7. The molecular formula is C20H24F3N5O2. The van der Waals surface area contributed by atoms with Crippen LogP contribution < -0.4 is 10.6 Å². The second kappa shape index (κ2) is 7.70. The van der Waals surface area contributed by atoms with E-state index in [1.807, 2.05) is 0 Å². The SMILES string of the molecule is CN(C)C(=O)N1CCC2(CC1)CC(C(N)=O)N(c1ccc(C#N)c(C(F)(F)F)c1)C2. The van der Waals surface area contributed by atoms with Crippen LogP contribution in [0.3, 0.4) is 0 Å². The van der Waals surface area contributed by atoms with Crippen LogP contribution in [0.5, 0.6) is 0 Å². The van der Waals surface area contributed by atoms with Crippen molar-refractivity contribution in [2.24, 2.45) is 11.1 Å². The summed E-state index contributed by atoms with van der Waals surface area (Å²) in [7, 11) is 3.35. The van der Waals surface area contributed by atoms with Gasteiger partial charge in [0.05, 0.1) is 17.2 Å². The molecule has 2 fully saturated rings. The number of halogens is 3. The van der Waals surface area contributed by atoms with Crippen LogP contribution in [0.25, 0.3) is 0 Å². The number of nitriles is 1. The standard InChI is InChI=1S/C20H24F3N5O2/c1-26(2)18(30)27-7-5-19(6-8-27)10-16(17(25)29)28(12-19)14-4-3-13(11-24)15(9-14)20(21,22)23/h3-4,9,16H,5-8,10,12H2,1-2H3,(H2,25,29). The van der Waals surface area contributed by atoms with E-state index in [0.29, 0.717) is 38.9 Å². The number of likely N-dealkylation sites (tertiary alicyclic amines) is 1. The second-order valence-electron chi connectivity index (χ2n) is 8.25. The van der Waals surface area contributed by atoms with E-state index in [9.17, 15) is 22.8 Å². The van der Waals surface area contributed by atoms with Crippen molar-refractivity contribution in [2.45, 2.75) is 31.5 Å². The predicted octanol–water partition coefficient (Wildman–Crippen LogP) is 2.40. The lowest BCUT2D eigenvalue weighted by Gasteiger charge is -2.40. The summed E-state index contributed by atoms with van der Waals surface area (Å²) >= 11 is 0. The van der Waals surface area contributed by atoms with Gasteiger partial charge in [0.1, 0.15) is 6.04 Å². The van der Waals surface area contributed by atoms with E-state index in [4.69, 9.17) is 11.0 Å². The van der Waals surface area contributed by atoms with Crippen LogP contribution in [0, 0.1) is 16.7 Å². The molecule has 0 aromatic heterocycles. The molecule has 10 heteroatoms. The third kappa shape index (κ3) is 4.01. The number of nitrogens with zero attached hydrogens (tertiary/aromatic N) is 4. The minimum absolute atomic E-state index is 0.0898. The first-order chi connectivity index (χ1) is 14.0. The Hall–Kier alpha value is -2.96. The van der Waals surface area contributed by atoms with Gasteiger partial charge in [-0.1, -0.05) is 0 Å². The molecule has 2 saturated heterocycles. The van der Waals surface area contributed by atoms with Gasteiger partial charge >= 0.3 is 12.2 Å². The molecule has 2 heterocycles. The van der Waals surface area contributed by atoms with Gasteiger partial charge in [0.25, 0.3) is 0 Å². The molecule has 1 aromatic carbocycles. The zero-order chi connectivity index (χ0) is 22.3. The van der Waals surface area contributed by atoms with Gasteiger partial charge in [-0.15, -0.1) is 0 Å². The number of carbonyl (C=O) groups excluding carboxylic acids is 2. The van der Waals surface area contributed by atoms with Crippen LogP contribution >= 0.6 is 0 Å². The van der Waals surface area contributed by atoms with Crippen LogP contribution in [0.4, 0.5) is 23.7 Å². The Balaban J connectivity index is 1.87. The molecule has 3 amide bonds. The number of alkyl halides is 3. The molecule has 0 saturated carbocycles. The number of carbonyl (C=O) groups is 2. The van der Waals surface area contributed by atoms with Crippen molar-refractivity contribution in [3.8, 4) is 6.07 Å². The quantitative estimate of drug-likeness (QED) is 0.791. The molecule has 7 nitrogen and oxygen atoms in total. The summed E-state index contributed by atoms with van der Waals surface area (Å²) in [6.07, 6.45) is -2.99. The average Bonchev–Trinajstić information content (AvgIpc) is 3.06. The molecule has 2 aliphatic rings. The average molecular weight is 423 g/mol. The smallest absolute Gasteiger partial charge is 0.368 e. The number of piperidine rings is 1. The van der Waals surface area contributed by atoms with E-state index in [2.05, 4.69) is 0 Å². The topological polar surface area (TPSA) is 93.7 Å². The molecule has 0 aliphatic carbocycles. The van der Waals surface area contributed by atoms with E-state index in [1.54, 1.807) is 30.0 Å². The highest BCUT2D eigenvalue weighted by atomic mass is 19.4. The number of hydrogen-bond donors (Lipinski definition) is 1. The van der Waals surface area contributed by atoms with Gasteiger partial charge in [0, 0.05) is 39.4 Å². The molecule has 30 heavy (non-hydrogen) atoms. The number of anilines is 1. The first-order valence-electron chi connectivity index (χ1n) is 9.61. The lowest BCUT2D eigenvalue weighted by atomic mass is 9.76. The van der Waals surface area contributed by atoms with Crippen LogP contribution in [0.15, 0.2) is 18.2 Å². The third-order valence-electron chi connectivity index (χ3n) is 6.07. The van der Waals surface area contributed by atoms with Crippen molar-refractivity contribution >= 4 is 17.6 Å². The lowest BCUT2D eigenvalue weighted by molar-refractivity contribution is -0.137. The zero-order valence-corrected chi connectivity index (χ0v) is 16.9. The van der Waals surface area contributed by atoms with Gasteiger partial charge in [-0.3, -0.25) is 4.79 Å². The van der Waals surface area contributed by atoms with Gasteiger partial charge in [-0.05, 0) is 42.9 Å². The molecule has 2 aliphatic heterocycles. The fourth-order valence-corrected chi connectivity index (χ4v) is 4.44. The summed E-state index contributed by atoms with van der Waals surface area (Å²) in [5.74, 6) is -0.600. The van der Waals surface area contributed by atoms with Crippen molar-refractivity contribution in [1.29, 1.82) is 5.26 Å². The van der Waals surface area contributed by atoms with Crippen LogP contribution in [0.2, 0.25) is 0 Å². The van der Waals surface area contributed by atoms with Crippen molar-refractivity contribution in [2.75, 3.05) is 38.6 Å². The minimum atomic E-state index is -4.68. The number of rotatable bonds is 2. The normalized spacial score (nSPS) is 20.9. The summed E-state index contributed by atoms with van der Waals surface area (Å²) in [4.78, 5) is 29.1. The number of amides is 3. The Morgan fingerprint density at radius 1 is 1.27 bits per heavy atom. The van der Waals surface area contributed by atoms with E-state index in [1.165, 1.54) is 11.0 Å². The highest BCUT2D eigenvalue weighted by Crippen LogP contribution is 2.46. The summed E-state index contributed by atoms with van der Waals surface area (Å²) in [6.45, 7) is 1.39. The maximum Gasteiger partial charge on any atom is 0.417 e.